The van der Waals surface area contributed by atoms with Gasteiger partial charge in [0.15, 0.2) is 0 Å². The molecule has 150 valence electrons. The zero-order valence-electron chi connectivity index (χ0n) is 16.5. The van der Waals surface area contributed by atoms with Gasteiger partial charge in [0, 0.05) is 25.5 Å². The molecule has 0 atom stereocenters. The summed E-state index contributed by atoms with van der Waals surface area (Å²) < 4.78 is 0. The third kappa shape index (κ3) is 7.26. The number of rotatable bonds is 6. The van der Waals surface area contributed by atoms with Gasteiger partial charge in [-0.05, 0) is 48.5 Å². The quantitative estimate of drug-likeness (QED) is 0.416. The number of nitrogens with one attached hydrogen (secondary N) is 1. The van der Waals surface area contributed by atoms with E-state index in [4.69, 9.17) is 0 Å². The number of hydrogen-bond donors (Lipinski definition) is 2. The van der Waals surface area contributed by atoms with E-state index in [1.165, 1.54) is 0 Å². The van der Waals surface area contributed by atoms with Gasteiger partial charge in [0.05, 0.1) is 17.1 Å². The lowest BCUT2D eigenvalue weighted by atomic mass is 10.3. The molecule has 6 heteroatoms. The van der Waals surface area contributed by atoms with E-state index in [9.17, 15) is 5.11 Å². The molecule has 0 aliphatic carbocycles. The van der Waals surface area contributed by atoms with Crippen molar-refractivity contribution >= 4 is 11.4 Å². The summed E-state index contributed by atoms with van der Waals surface area (Å²) in [5.74, 6) is 0.136. The summed E-state index contributed by atoms with van der Waals surface area (Å²) in [5, 5.41) is 20.7. The van der Waals surface area contributed by atoms with Crippen LogP contribution in [0, 0.1) is 0 Å². The Kier molecular flexibility index (Phi) is 8.21. The third-order valence-electron chi connectivity index (χ3n) is 3.98. The van der Waals surface area contributed by atoms with Crippen LogP contribution in [0.5, 0.6) is 5.75 Å². The fraction of sp³-hybridized carbons (Fsp3) is 0.0833. The van der Waals surface area contributed by atoms with E-state index < -0.39 is 0 Å². The predicted octanol–water partition coefficient (Wildman–Crippen LogP) is 5.57. The number of phenols is 1. The van der Waals surface area contributed by atoms with Gasteiger partial charge in [-0.1, -0.05) is 42.5 Å². The highest BCUT2D eigenvalue weighted by Gasteiger charge is 1.96. The van der Waals surface area contributed by atoms with Crippen LogP contribution in [0.3, 0.4) is 0 Å². The molecular formula is C24H23N5O. The molecule has 2 N–H and O–H groups in total. The minimum Gasteiger partial charge on any atom is -0.506 e. The molecule has 0 spiro atoms. The standard InChI is InChI=1S/C12H13N3.C12H10N2O/c1-3-7-14-11(5-1)9-13-10-12-6-2-4-8-15-12;15-12-9-5-4-8-11(12)14-13-10-6-2-1-3-7-10/h1-8,13H,9-10H2;1-9,15H. The lowest BCUT2D eigenvalue weighted by Gasteiger charge is -2.03. The van der Waals surface area contributed by atoms with Crippen molar-refractivity contribution in [1.82, 2.24) is 15.3 Å². The van der Waals surface area contributed by atoms with Crippen LogP contribution in [0.25, 0.3) is 0 Å². The topological polar surface area (TPSA) is 82.8 Å². The van der Waals surface area contributed by atoms with E-state index in [0.29, 0.717) is 5.69 Å². The second-order valence-electron chi connectivity index (χ2n) is 6.27. The third-order valence-corrected chi connectivity index (χ3v) is 3.98. The number of azo groups is 1. The fourth-order valence-corrected chi connectivity index (χ4v) is 2.48. The highest BCUT2D eigenvalue weighted by atomic mass is 16.3. The molecule has 0 aliphatic heterocycles. The van der Waals surface area contributed by atoms with E-state index in [1.54, 1.807) is 36.7 Å². The van der Waals surface area contributed by atoms with E-state index >= 15 is 0 Å². The summed E-state index contributed by atoms with van der Waals surface area (Å²) in [6.45, 7) is 1.55. The van der Waals surface area contributed by atoms with Gasteiger partial charge in [0.2, 0.25) is 0 Å². The van der Waals surface area contributed by atoms with Gasteiger partial charge in [-0.2, -0.15) is 5.11 Å². The van der Waals surface area contributed by atoms with Crippen LogP contribution in [0.2, 0.25) is 0 Å². The highest BCUT2D eigenvalue weighted by molar-refractivity contribution is 5.50. The molecule has 0 fully saturated rings. The van der Waals surface area contributed by atoms with Crippen LogP contribution < -0.4 is 5.32 Å². The molecule has 30 heavy (non-hydrogen) atoms. The summed E-state index contributed by atoms with van der Waals surface area (Å²) >= 11 is 0. The first kappa shape index (κ1) is 20.8. The van der Waals surface area contributed by atoms with Gasteiger partial charge in [-0.3, -0.25) is 9.97 Å². The first-order valence-corrected chi connectivity index (χ1v) is 9.56. The number of benzene rings is 2. The van der Waals surface area contributed by atoms with Crippen LogP contribution in [-0.2, 0) is 13.1 Å². The molecule has 0 unspecified atom stereocenters. The molecule has 0 amide bonds. The van der Waals surface area contributed by atoms with Gasteiger partial charge >= 0.3 is 0 Å². The van der Waals surface area contributed by atoms with Gasteiger partial charge in [-0.25, -0.2) is 0 Å². The molecule has 2 heterocycles. The Balaban J connectivity index is 0.000000171. The van der Waals surface area contributed by atoms with E-state index in [-0.39, 0.29) is 5.75 Å². The van der Waals surface area contributed by atoms with Crippen molar-refractivity contribution in [3.8, 4) is 5.75 Å². The van der Waals surface area contributed by atoms with Crippen LogP contribution in [0.15, 0.2) is 114 Å². The summed E-state index contributed by atoms with van der Waals surface area (Å²) in [6, 6.07) is 28.1. The van der Waals surface area contributed by atoms with Crippen molar-refractivity contribution in [2.24, 2.45) is 10.2 Å². The number of aromatic nitrogens is 2. The van der Waals surface area contributed by atoms with Crippen molar-refractivity contribution in [2.75, 3.05) is 0 Å². The largest absolute Gasteiger partial charge is 0.506 e. The number of para-hydroxylation sites is 1. The van der Waals surface area contributed by atoms with Crippen molar-refractivity contribution in [3.63, 3.8) is 0 Å². The minimum absolute atomic E-state index is 0.136. The molecule has 0 radical (unpaired) electrons. The zero-order valence-corrected chi connectivity index (χ0v) is 16.5. The van der Waals surface area contributed by atoms with Crippen molar-refractivity contribution in [2.45, 2.75) is 13.1 Å². The maximum atomic E-state index is 9.43. The van der Waals surface area contributed by atoms with Crippen LogP contribution in [-0.4, -0.2) is 15.1 Å². The van der Waals surface area contributed by atoms with Crippen molar-refractivity contribution < 1.29 is 5.11 Å². The fourth-order valence-electron chi connectivity index (χ4n) is 2.48. The summed E-state index contributed by atoms with van der Waals surface area (Å²) in [7, 11) is 0. The second-order valence-corrected chi connectivity index (χ2v) is 6.27. The summed E-state index contributed by atoms with van der Waals surface area (Å²) in [4.78, 5) is 8.45. The maximum absolute atomic E-state index is 9.43. The average Bonchev–Trinajstić information content (AvgIpc) is 2.81. The molecule has 0 aliphatic rings. The van der Waals surface area contributed by atoms with Crippen molar-refractivity contribution in [3.05, 3.63) is 115 Å². The van der Waals surface area contributed by atoms with Crippen molar-refractivity contribution in [1.29, 1.82) is 0 Å². The molecule has 4 rings (SSSR count). The Labute approximate surface area is 176 Å². The molecule has 2 aromatic carbocycles. The summed E-state index contributed by atoms with van der Waals surface area (Å²) in [6.07, 6.45) is 3.61. The number of aromatic hydroxyl groups is 1. The first-order valence-electron chi connectivity index (χ1n) is 9.56. The number of hydrogen-bond acceptors (Lipinski definition) is 6. The van der Waals surface area contributed by atoms with E-state index in [2.05, 4.69) is 25.5 Å². The smallest absolute Gasteiger partial charge is 0.143 e. The van der Waals surface area contributed by atoms with E-state index in [0.717, 1.165) is 30.2 Å². The van der Waals surface area contributed by atoms with Gasteiger partial charge < -0.3 is 10.4 Å². The molecular weight excluding hydrogens is 374 g/mol. The van der Waals surface area contributed by atoms with Crippen LogP contribution in [0.1, 0.15) is 11.4 Å². The molecule has 6 nitrogen and oxygen atoms in total. The van der Waals surface area contributed by atoms with Crippen LogP contribution in [0.4, 0.5) is 11.4 Å². The Hall–Kier alpha value is -3.90. The minimum atomic E-state index is 0.136. The lowest BCUT2D eigenvalue weighted by molar-refractivity contribution is 0.476. The molecule has 0 saturated carbocycles. The molecule has 0 bridgehead atoms. The van der Waals surface area contributed by atoms with Gasteiger partial charge in [0.1, 0.15) is 11.4 Å². The number of phenolic OH excluding ortho intramolecular Hbond substituents is 1. The Morgan fingerprint density at radius 3 is 1.77 bits per heavy atom. The highest BCUT2D eigenvalue weighted by Crippen LogP contribution is 2.26. The van der Waals surface area contributed by atoms with Gasteiger partial charge in [-0.15, -0.1) is 5.11 Å². The molecule has 2 aromatic heterocycles. The molecule has 4 aromatic rings. The zero-order chi connectivity index (χ0) is 20.9. The molecule has 0 saturated heterocycles. The normalized spacial score (nSPS) is 10.4. The second kappa shape index (κ2) is 11.8. The maximum Gasteiger partial charge on any atom is 0.143 e. The summed E-state index contributed by atoms with van der Waals surface area (Å²) in [5.41, 5.74) is 3.34. The Bertz CT molecular complexity index is 985. The SMILES string of the molecule is Oc1ccccc1N=Nc1ccccc1.c1ccc(CNCc2ccccn2)nc1. The van der Waals surface area contributed by atoms with Gasteiger partial charge in [0.25, 0.3) is 0 Å². The van der Waals surface area contributed by atoms with Crippen LogP contribution >= 0.6 is 0 Å². The number of nitrogens with zero attached hydrogens (tertiary/aromatic N) is 4. The predicted molar refractivity (Wildman–Crippen MR) is 118 cm³/mol. The Morgan fingerprint density at radius 2 is 1.20 bits per heavy atom. The first-order chi connectivity index (χ1) is 14.8. The Morgan fingerprint density at radius 1 is 0.633 bits per heavy atom. The lowest BCUT2D eigenvalue weighted by Crippen LogP contribution is -2.14. The van der Waals surface area contributed by atoms with E-state index in [1.807, 2.05) is 66.7 Å². The number of pyridine rings is 2. The average molecular weight is 397 g/mol. The monoisotopic (exact) mass is 397 g/mol.